The van der Waals surface area contributed by atoms with E-state index in [1.165, 1.54) is 17.0 Å². The predicted octanol–water partition coefficient (Wildman–Crippen LogP) is 1.16. The molecular weight excluding hydrogens is 235 g/mol. The van der Waals surface area contributed by atoms with Gasteiger partial charge < -0.3 is 4.90 Å². The lowest BCUT2D eigenvalue weighted by Crippen LogP contribution is -2.57. The Kier molecular flexibility index (Phi) is 2.54. The van der Waals surface area contributed by atoms with Gasteiger partial charge in [-0.05, 0) is 25.0 Å². The van der Waals surface area contributed by atoms with E-state index >= 15 is 0 Å². The largest absolute Gasteiger partial charge is 0.329 e. The van der Waals surface area contributed by atoms with Gasteiger partial charge in [0, 0.05) is 6.54 Å². The Morgan fingerprint density at radius 3 is 2.78 bits per heavy atom. The van der Waals surface area contributed by atoms with Gasteiger partial charge in [0.05, 0.1) is 5.69 Å². The number of carbonyl (C=O) groups excluding carboxylic acids is 2. The van der Waals surface area contributed by atoms with Crippen molar-refractivity contribution >= 4 is 17.5 Å². The first kappa shape index (κ1) is 11.2. The van der Waals surface area contributed by atoms with Gasteiger partial charge in [0.25, 0.3) is 0 Å². The molecule has 0 bridgehead atoms. The maximum Gasteiger partial charge on any atom is 0.250 e. The Balaban J connectivity index is 1.96. The average Bonchev–Trinajstić information content (AvgIpc) is 2.85. The van der Waals surface area contributed by atoms with E-state index in [0.29, 0.717) is 13.0 Å². The Labute approximate surface area is 104 Å². The molecule has 94 valence electrons. The molecule has 2 heterocycles. The smallest absolute Gasteiger partial charge is 0.250 e. The van der Waals surface area contributed by atoms with E-state index in [9.17, 15) is 14.0 Å². The number of piperazine rings is 1. The molecule has 1 atom stereocenters. The zero-order chi connectivity index (χ0) is 12.7. The number of fused-ring (bicyclic) bond motifs is 1. The fraction of sp³-hybridized carbons (Fsp3) is 0.385. The third kappa shape index (κ3) is 1.58. The molecule has 0 spiro atoms. The van der Waals surface area contributed by atoms with Crippen LogP contribution >= 0.6 is 0 Å². The molecule has 0 saturated carbocycles. The van der Waals surface area contributed by atoms with Gasteiger partial charge in [-0.1, -0.05) is 12.1 Å². The molecule has 0 aromatic heterocycles. The van der Waals surface area contributed by atoms with Crippen molar-refractivity contribution in [2.45, 2.75) is 18.9 Å². The van der Waals surface area contributed by atoms with Crippen LogP contribution in [0, 0.1) is 5.82 Å². The molecule has 0 radical (unpaired) electrons. The number of benzene rings is 1. The molecule has 2 aliphatic heterocycles. The summed E-state index contributed by atoms with van der Waals surface area (Å²) in [6.07, 6.45) is 1.52. The van der Waals surface area contributed by atoms with E-state index in [0.717, 1.165) is 6.42 Å². The summed E-state index contributed by atoms with van der Waals surface area (Å²) in [6, 6.07) is 5.67. The van der Waals surface area contributed by atoms with Gasteiger partial charge in [-0.3, -0.25) is 14.5 Å². The topological polar surface area (TPSA) is 40.6 Å². The van der Waals surface area contributed by atoms with Crippen LogP contribution in [0.3, 0.4) is 0 Å². The maximum atomic E-state index is 13.7. The zero-order valence-electron chi connectivity index (χ0n) is 9.80. The van der Waals surface area contributed by atoms with Crippen molar-refractivity contribution < 1.29 is 14.0 Å². The lowest BCUT2D eigenvalue weighted by molar-refractivity contribution is -0.140. The summed E-state index contributed by atoms with van der Waals surface area (Å²) >= 11 is 0. The molecule has 3 rings (SSSR count). The predicted molar refractivity (Wildman–Crippen MR) is 63.5 cm³/mol. The summed E-state index contributed by atoms with van der Waals surface area (Å²) in [6.45, 7) is 0.580. The van der Waals surface area contributed by atoms with Crippen molar-refractivity contribution in [1.82, 2.24) is 4.90 Å². The molecule has 2 saturated heterocycles. The third-order valence-electron chi connectivity index (χ3n) is 3.56. The first-order chi connectivity index (χ1) is 8.68. The van der Waals surface area contributed by atoms with Crippen LogP contribution in [0.4, 0.5) is 10.1 Å². The highest BCUT2D eigenvalue weighted by Gasteiger charge is 2.42. The lowest BCUT2D eigenvalue weighted by atomic mass is 10.1. The number of hydrogen-bond donors (Lipinski definition) is 0. The Hall–Kier alpha value is -1.91. The van der Waals surface area contributed by atoms with E-state index < -0.39 is 11.9 Å². The second-order valence-electron chi connectivity index (χ2n) is 4.62. The number of hydrogen-bond acceptors (Lipinski definition) is 2. The molecule has 2 fully saturated rings. The molecule has 0 N–H and O–H groups in total. The van der Waals surface area contributed by atoms with Crippen LogP contribution in [0.15, 0.2) is 24.3 Å². The second-order valence-corrected chi connectivity index (χ2v) is 4.62. The molecule has 4 nitrogen and oxygen atoms in total. The van der Waals surface area contributed by atoms with Gasteiger partial charge >= 0.3 is 0 Å². The number of carbonyl (C=O) groups is 2. The number of halogens is 1. The Morgan fingerprint density at radius 2 is 2.00 bits per heavy atom. The van der Waals surface area contributed by atoms with Crippen molar-refractivity contribution in [3.05, 3.63) is 30.1 Å². The van der Waals surface area contributed by atoms with E-state index in [1.54, 1.807) is 17.0 Å². The van der Waals surface area contributed by atoms with Crippen LogP contribution < -0.4 is 4.90 Å². The van der Waals surface area contributed by atoms with Gasteiger partial charge in [-0.2, -0.15) is 0 Å². The first-order valence-electron chi connectivity index (χ1n) is 6.04. The van der Waals surface area contributed by atoms with Crippen LogP contribution in [-0.2, 0) is 9.59 Å². The number of rotatable bonds is 1. The molecule has 1 aromatic rings. The van der Waals surface area contributed by atoms with E-state index in [-0.39, 0.29) is 24.0 Å². The normalized spacial score (nSPS) is 23.5. The highest BCUT2D eigenvalue weighted by atomic mass is 19.1. The van der Waals surface area contributed by atoms with Crippen LogP contribution in [0.1, 0.15) is 12.8 Å². The zero-order valence-corrected chi connectivity index (χ0v) is 9.80. The van der Waals surface area contributed by atoms with E-state index in [2.05, 4.69) is 0 Å². The molecule has 2 amide bonds. The van der Waals surface area contributed by atoms with Crippen LogP contribution in [0.2, 0.25) is 0 Å². The van der Waals surface area contributed by atoms with Gasteiger partial charge in [-0.25, -0.2) is 4.39 Å². The van der Waals surface area contributed by atoms with Crippen molar-refractivity contribution in [2.24, 2.45) is 0 Å². The SMILES string of the molecule is O=C1C2CCCN2C(=O)CN1c1ccccc1F. The van der Waals surface area contributed by atoms with Gasteiger partial charge in [0.15, 0.2) is 0 Å². The quantitative estimate of drug-likeness (QED) is 0.748. The van der Waals surface area contributed by atoms with Crippen LogP contribution in [0.5, 0.6) is 0 Å². The molecule has 0 aliphatic carbocycles. The summed E-state index contributed by atoms with van der Waals surface area (Å²) < 4.78 is 13.7. The van der Waals surface area contributed by atoms with Crippen molar-refractivity contribution in [1.29, 1.82) is 0 Å². The standard InChI is InChI=1S/C13H13FN2O2/c14-9-4-1-2-5-10(9)16-8-12(17)15-7-3-6-11(15)13(16)18/h1-2,4-5,11H,3,6-8H2. The molecular formula is C13H13FN2O2. The van der Waals surface area contributed by atoms with Crippen molar-refractivity contribution in [3.8, 4) is 0 Å². The average molecular weight is 248 g/mol. The monoisotopic (exact) mass is 248 g/mol. The summed E-state index contributed by atoms with van der Waals surface area (Å²) in [4.78, 5) is 27.1. The van der Waals surface area contributed by atoms with E-state index in [1.807, 2.05) is 0 Å². The minimum Gasteiger partial charge on any atom is -0.329 e. The molecule has 1 unspecified atom stereocenters. The van der Waals surface area contributed by atoms with Gasteiger partial charge in [-0.15, -0.1) is 0 Å². The fourth-order valence-corrected chi connectivity index (χ4v) is 2.68. The van der Waals surface area contributed by atoms with Crippen LogP contribution in [-0.4, -0.2) is 35.8 Å². The van der Waals surface area contributed by atoms with Crippen LogP contribution in [0.25, 0.3) is 0 Å². The number of amides is 2. The lowest BCUT2D eigenvalue weighted by Gasteiger charge is -2.36. The summed E-state index contributed by atoms with van der Waals surface area (Å²) in [5.41, 5.74) is 0.197. The summed E-state index contributed by atoms with van der Waals surface area (Å²) in [7, 11) is 0. The first-order valence-corrected chi connectivity index (χ1v) is 6.04. The van der Waals surface area contributed by atoms with Gasteiger partial charge in [0.1, 0.15) is 18.4 Å². The van der Waals surface area contributed by atoms with E-state index in [4.69, 9.17) is 0 Å². The Bertz CT molecular complexity index is 517. The molecule has 5 heteroatoms. The highest BCUT2D eigenvalue weighted by molar-refractivity contribution is 6.06. The van der Waals surface area contributed by atoms with Crippen molar-refractivity contribution in [2.75, 3.05) is 18.0 Å². The Morgan fingerprint density at radius 1 is 1.22 bits per heavy atom. The summed E-state index contributed by atoms with van der Waals surface area (Å²) in [5, 5.41) is 0. The molecule has 1 aromatic carbocycles. The minimum absolute atomic E-state index is 0.0593. The minimum atomic E-state index is -0.468. The number of para-hydroxylation sites is 1. The molecule has 18 heavy (non-hydrogen) atoms. The highest BCUT2D eigenvalue weighted by Crippen LogP contribution is 2.28. The third-order valence-corrected chi connectivity index (χ3v) is 3.56. The number of nitrogens with zero attached hydrogens (tertiary/aromatic N) is 2. The number of anilines is 1. The second kappa shape index (κ2) is 4.08. The molecule has 2 aliphatic rings. The van der Waals surface area contributed by atoms with Gasteiger partial charge in [0.2, 0.25) is 11.8 Å². The maximum absolute atomic E-state index is 13.7. The fourth-order valence-electron chi connectivity index (χ4n) is 2.68. The summed E-state index contributed by atoms with van der Waals surface area (Å²) in [5.74, 6) is -0.734. The van der Waals surface area contributed by atoms with Crippen molar-refractivity contribution in [3.63, 3.8) is 0 Å².